The molecule has 0 saturated heterocycles. The van der Waals surface area contributed by atoms with Gasteiger partial charge < -0.3 is 4.74 Å². The van der Waals surface area contributed by atoms with E-state index in [2.05, 4.69) is 9.47 Å². The van der Waals surface area contributed by atoms with Crippen molar-refractivity contribution in [2.75, 3.05) is 7.11 Å². The van der Waals surface area contributed by atoms with Crippen molar-refractivity contribution in [3.05, 3.63) is 0 Å². The van der Waals surface area contributed by atoms with Crippen LogP contribution in [-0.4, -0.2) is 23.4 Å². The quantitative estimate of drug-likeness (QED) is 0.543. The van der Waals surface area contributed by atoms with E-state index in [0.29, 0.717) is 0 Å². The fourth-order valence-electron chi connectivity index (χ4n) is 0.258. The molecule has 0 rings (SSSR count). The van der Waals surface area contributed by atoms with Crippen molar-refractivity contribution in [1.82, 2.24) is 0 Å². The van der Waals surface area contributed by atoms with E-state index in [4.69, 9.17) is 34.8 Å². The first-order valence-electron chi connectivity index (χ1n) is 2.33. The van der Waals surface area contributed by atoms with Crippen molar-refractivity contribution in [3.63, 3.8) is 0 Å². The molecule has 1 atom stereocenters. The Labute approximate surface area is 77.3 Å². The zero-order valence-electron chi connectivity index (χ0n) is 5.31. The van der Waals surface area contributed by atoms with E-state index >= 15 is 0 Å². The molecule has 11 heavy (non-hydrogen) atoms. The van der Waals surface area contributed by atoms with Crippen LogP contribution in [-0.2, 0) is 14.3 Å². The molecule has 0 radical (unpaired) electrons. The van der Waals surface area contributed by atoms with E-state index in [-0.39, 0.29) is 0 Å². The lowest BCUT2D eigenvalue weighted by atomic mass is 10.7. The highest BCUT2D eigenvalue weighted by atomic mass is 35.5. The summed E-state index contributed by atoms with van der Waals surface area (Å²) in [5.74, 6) is -0.977. The Hall–Kier alpha value is 0.230. The van der Waals surface area contributed by atoms with E-state index < -0.39 is 16.3 Å². The standard InChI is InChI=1S/C4H4Cl3FO3/c1-10-3(9)2(5)11-4(6,7)8/h2H,1H3. The molecule has 0 aliphatic carbocycles. The van der Waals surface area contributed by atoms with Gasteiger partial charge in [0.05, 0.1) is 7.11 Å². The molecule has 0 heterocycles. The number of carbonyl (C=O) groups is 1. The molecule has 0 spiro atoms. The SMILES string of the molecule is COC(=O)C(Cl)OC(F)(Cl)Cl. The first kappa shape index (κ1) is 11.2. The molecule has 1 unspecified atom stereocenters. The predicted molar refractivity (Wildman–Crippen MR) is 38.3 cm³/mol. The lowest BCUT2D eigenvalue weighted by Gasteiger charge is -2.13. The first-order chi connectivity index (χ1) is 4.87. The molecule has 0 amide bonds. The van der Waals surface area contributed by atoms with Gasteiger partial charge in [0.15, 0.2) is 0 Å². The summed E-state index contributed by atoms with van der Waals surface area (Å²) in [5, 5.41) is 0. The van der Waals surface area contributed by atoms with Crippen LogP contribution < -0.4 is 0 Å². The molecule has 0 aromatic carbocycles. The molecule has 66 valence electrons. The Balaban J connectivity index is 3.87. The van der Waals surface area contributed by atoms with Crippen molar-refractivity contribution in [2.45, 2.75) is 10.3 Å². The van der Waals surface area contributed by atoms with Gasteiger partial charge in [-0.25, -0.2) is 4.79 Å². The fourth-order valence-corrected chi connectivity index (χ4v) is 0.739. The molecular formula is C4H4Cl3FO3. The van der Waals surface area contributed by atoms with E-state index in [0.717, 1.165) is 7.11 Å². The van der Waals surface area contributed by atoms with Gasteiger partial charge in [0.1, 0.15) is 0 Å². The Kier molecular flexibility index (Phi) is 4.39. The van der Waals surface area contributed by atoms with Crippen LogP contribution in [0.5, 0.6) is 0 Å². The molecule has 0 aliphatic heterocycles. The molecule has 3 nitrogen and oxygen atoms in total. The number of hydrogen-bond donors (Lipinski definition) is 0. The number of halogens is 4. The molecule has 0 aromatic rings. The Morgan fingerprint density at radius 1 is 1.64 bits per heavy atom. The van der Waals surface area contributed by atoms with Gasteiger partial charge in [-0.3, -0.25) is 4.74 Å². The van der Waals surface area contributed by atoms with E-state index in [1.165, 1.54) is 0 Å². The highest BCUT2D eigenvalue weighted by Crippen LogP contribution is 2.26. The molecule has 0 aromatic heterocycles. The van der Waals surface area contributed by atoms with Crippen molar-refractivity contribution in [2.24, 2.45) is 0 Å². The zero-order valence-corrected chi connectivity index (χ0v) is 7.58. The molecule has 0 fully saturated rings. The topological polar surface area (TPSA) is 35.5 Å². The summed E-state index contributed by atoms with van der Waals surface area (Å²) in [6, 6.07) is 0. The summed E-state index contributed by atoms with van der Waals surface area (Å²) in [7, 11) is 1.06. The van der Waals surface area contributed by atoms with Crippen LogP contribution in [0.15, 0.2) is 0 Å². The molecule has 0 aliphatic rings. The van der Waals surface area contributed by atoms with Gasteiger partial charge >= 0.3 is 10.7 Å². The van der Waals surface area contributed by atoms with Crippen LogP contribution in [0.4, 0.5) is 4.39 Å². The second-order valence-corrected chi connectivity index (χ2v) is 2.96. The van der Waals surface area contributed by atoms with Gasteiger partial charge in [-0.05, 0) is 23.2 Å². The summed E-state index contributed by atoms with van der Waals surface area (Å²) >= 11 is 14.5. The lowest BCUT2D eigenvalue weighted by Crippen LogP contribution is -2.25. The highest BCUT2D eigenvalue weighted by Gasteiger charge is 2.31. The molecular weight excluding hydrogens is 221 g/mol. The smallest absolute Gasteiger partial charge is 0.369 e. The Morgan fingerprint density at radius 2 is 2.09 bits per heavy atom. The summed E-state index contributed by atoms with van der Waals surface area (Å²) in [6.07, 6.45) is 0. The van der Waals surface area contributed by atoms with Crippen molar-refractivity contribution in [1.29, 1.82) is 0 Å². The van der Waals surface area contributed by atoms with Crippen molar-refractivity contribution >= 4 is 40.8 Å². The molecule has 0 bridgehead atoms. The Morgan fingerprint density at radius 3 is 2.36 bits per heavy atom. The number of carbonyl (C=O) groups excluding carboxylic acids is 1. The van der Waals surface area contributed by atoms with Gasteiger partial charge in [0.2, 0.25) is 5.56 Å². The first-order valence-corrected chi connectivity index (χ1v) is 3.52. The predicted octanol–water partition coefficient (Wildman–Crippen LogP) is 1.80. The van der Waals surface area contributed by atoms with Gasteiger partial charge in [-0.1, -0.05) is 11.6 Å². The number of methoxy groups -OCH3 is 1. The van der Waals surface area contributed by atoms with E-state index in [9.17, 15) is 9.18 Å². The lowest BCUT2D eigenvalue weighted by molar-refractivity contribution is -0.154. The zero-order chi connectivity index (χ0) is 9.07. The third-order valence-electron chi connectivity index (χ3n) is 0.624. The number of hydrogen-bond acceptors (Lipinski definition) is 3. The van der Waals surface area contributed by atoms with Crippen LogP contribution in [0.1, 0.15) is 0 Å². The average molecular weight is 225 g/mol. The third kappa shape index (κ3) is 5.49. The number of esters is 1. The maximum Gasteiger partial charge on any atom is 0.369 e. The summed E-state index contributed by atoms with van der Waals surface area (Å²) < 4.78 is 17.2. The van der Waals surface area contributed by atoms with E-state index in [1.807, 2.05) is 0 Å². The van der Waals surface area contributed by atoms with Gasteiger partial charge in [-0.15, -0.1) is 0 Å². The van der Waals surface area contributed by atoms with Crippen LogP contribution in [0.2, 0.25) is 0 Å². The minimum absolute atomic E-state index is 0.977. The second-order valence-electron chi connectivity index (χ2n) is 1.40. The monoisotopic (exact) mass is 224 g/mol. The van der Waals surface area contributed by atoms with Crippen LogP contribution in [0, 0.1) is 0 Å². The molecule has 0 saturated carbocycles. The van der Waals surface area contributed by atoms with Gasteiger partial charge in [0, 0.05) is 0 Å². The number of alkyl halides is 4. The van der Waals surface area contributed by atoms with Crippen LogP contribution in [0.25, 0.3) is 0 Å². The van der Waals surface area contributed by atoms with E-state index in [1.54, 1.807) is 0 Å². The second kappa shape index (κ2) is 4.30. The Bertz CT molecular complexity index is 146. The number of ether oxygens (including phenoxy) is 2. The highest BCUT2D eigenvalue weighted by molar-refractivity contribution is 6.46. The fraction of sp³-hybridized carbons (Fsp3) is 0.750. The summed E-state index contributed by atoms with van der Waals surface area (Å²) in [6.45, 7) is 0. The van der Waals surface area contributed by atoms with Crippen molar-refractivity contribution in [3.8, 4) is 0 Å². The van der Waals surface area contributed by atoms with Gasteiger partial charge in [0.25, 0.3) is 0 Å². The third-order valence-corrected chi connectivity index (χ3v) is 1.07. The van der Waals surface area contributed by atoms with Crippen molar-refractivity contribution < 1.29 is 18.7 Å². The minimum atomic E-state index is -2.99. The molecule has 7 heteroatoms. The normalized spacial score (nSPS) is 14.3. The maximum atomic E-state index is 12.2. The van der Waals surface area contributed by atoms with Crippen LogP contribution >= 0.6 is 34.8 Å². The molecule has 0 N–H and O–H groups in total. The summed E-state index contributed by atoms with van der Waals surface area (Å²) in [5.41, 5.74) is -1.65. The van der Waals surface area contributed by atoms with Gasteiger partial charge in [-0.2, -0.15) is 4.39 Å². The summed E-state index contributed by atoms with van der Waals surface area (Å²) in [4.78, 5) is 10.4. The largest absolute Gasteiger partial charge is 0.466 e. The van der Waals surface area contributed by atoms with Crippen LogP contribution in [0.3, 0.4) is 0 Å². The average Bonchev–Trinajstić information content (AvgIpc) is 1.82. The number of rotatable bonds is 3. The maximum absolute atomic E-state index is 12.2. The minimum Gasteiger partial charge on any atom is -0.466 e.